The van der Waals surface area contributed by atoms with Crippen LogP contribution in [0.3, 0.4) is 0 Å². The van der Waals surface area contributed by atoms with E-state index in [2.05, 4.69) is 32.0 Å². The molecule has 2 aromatic carbocycles. The number of morpholine rings is 1. The molecule has 25 heavy (non-hydrogen) atoms. The van der Waals surface area contributed by atoms with Gasteiger partial charge in [0.1, 0.15) is 6.10 Å². The van der Waals surface area contributed by atoms with E-state index in [0.717, 1.165) is 5.56 Å². The molecule has 1 aliphatic rings. The number of rotatable bonds is 3. The maximum atomic E-state index is 13.0. The number of ether oxygens (including phenoxy) is 1. The molecule has 0 aromatic heterocycles. The zero-order valence-electron chi connectivity index (χ0n) is 15.2. The normalized spacial score (nSPS) is 20.6. The van der Waals surface area contributed by atoms with E-state index in [1.165, 1.54) is 16.7 Å². The SMILES string of the molecule is Cc1ccc(C)c([C@H]2CN(C(=O)c3ccc(CN)cc3)[C@@H](C)CO2)c1. The molecule has 0 bridgehead atoms. The molecule has 1 amide bonds. The molecule has 0 unspecified atom stereocenters. The summed E-state index contributed by atoms with van der Waals surface area (Å²) in [5.41, 5.74) is 10.9. The van der Waals surface area contributed by atoms with Gasteiger partial charge in [0, 0.05) is 12.1 Å². The third-order valence-corrected chi connectivity index (χ3v) is 4.91. The molecule has 0 radical (unpaired) electrons. The molecule has 4 heteroatoms. The van der Waals surface area contributed by atoms with Crippen LogP contribution in [0, 0.1) is 13.8 Å². The van der Waals surface area contributed by atoms with Crippen molar-refractivity contribution >= 4 is 5.91 Å². The molecule has 1 saturated heterocycles. The Morgan fingerprint density at radius 3 is 2.60 bits per heavy atom. The highest BCUT2D eigenvalue weighted by Gasteiger charge is 2.31. The summed E-state index contributed by atoms with van der Waals surface area (Å²) in [6.07, 6.45) is -0.0802. The van der Waals surface area contributed by atoms with Crippen LogP contribution in [0.2, 0.25) is 0 Å². The second-order valence-electron chi connectivity index (χ2n) is 6.89. The Morgan fingerprint density at radius 2 is 1.92 bits per heavy atom. The second-order valence-corrected chi connectivity index (χ2v) is 6.89. The number of aryl methyl sites for hydroxylation is 2. The van der Waals surface area contributed by atoms with Crippen LogP contribution < -0.4 is 5.73 Å². The molecular formula is C21H26N2O2. The van der Waals surface area contributed by atoms with E-state index in [-0.39, 0.29) is 18.1 Å². The number of carbonyl (C=O) groups excluding carboxylic acids is 1. The highest BCUT2D eigenvalue weighted by molar-refractivity contribution is 5.94. The van der Waals surface area contributed by atoms with E-state index >= 15 is 0 Å². The highest BCUT2D eigenvalue weighted by atomic mass is 16.5. The number of benzene rings is 2. The number of hydrogen-bond donors (Lipinski definition) is 1. The van der Waals surface area contributed by atoms with Crippen molar-refractivity contribution in [2.75, 3.05) is 13.2 Å². The average molecular weight is 338 g/mol. The molecule has 2 N–H and O–H groups in total. The zero-order valence-corrected chi connectivity index (χ0v) is 15.2. The molecule has 4 nitrogen and oxygen atoms in total. The fourth-order valence-electron chi connectivity index (χ4n) is 3.28. The van der Waals surface area contributed by atoms with Gasteiger partial charge in [-0.1, -0.05) is 35.9 Å². The van der Waals surface area contributed by atoms with Crippen molar-refractivity contribution in [1.82, 2.24) is 4.90 Å². The van der Waals surface area contributed by atoms with Crippen molar-refractivity contribution in [3.8, 4) is 0 Å². The largest absolute Gasteiger partial charge is 0.370 e. The Bertz CT molecular complexity index is 755. The minimum absolute atomic E-state index is 0.0506. The standard InChI is InChI=1S/C21H26N2O2/c1-14-4-5-15(2)19(10-14)20-12-23(16(3)13-25-20)21(24)18-8-6-17(11-22)7-9-18/h4-10,16,20H,11-13,22H2,1-3H3/t16-,20+/m0/s1. The molecule has 132 valence electrons. The Hall–Kier alpha value is -2.17. The highest BCUT2D eigenvalue weighted by Crippen LogP contribution is 2.29. The quantitative estimate of drug-likeness (QED) is 0.933. The molecule has 2 atom stereocenters. The molecule has 1 fully saturated rings. The van der Waals surface area contributed by atoms with Gasteiger partial charge < -0.3 is 15.4 Å². The van der Waals surface area contributed by atoms with Gasteiger partial charge in [-0.05, 0) is 49.6 Å². The second kappa shape index (κ2) is 7.38. The number of hydrogen-bond acceptors (Lipinski definition) is 3. The number of nitrogens with zero attached hydrogens (tertiary/aromatic N) is 1. The summed E-state index contributed by atoms with van der Waals surface area (Å²) < 4.78 is 6.05. The van der Waals surface area contributed by atoms with Gasteiger partial charge in [-0.25, -0.2) is 0 Å². The molecule has 1 aliphatic heterocycles. The summed E-state index contributed by atoms with van der Waals surface area (Å²) in [6.45, 7) is 7.81. The molecule has 0 aliphatic carbocycles. The van der Waals surface area contributed by atoms with Crippen molar-refractivity contribution in [3.05, 3.63) is 70.3 Å². The van der Waals surface area contributed by atoms with E-state index < -0.39 is 0 Å². The van der Waals surface area contributed by atoms with Gasteiger partial charge in [-0.15, -0.1) is 0 Å². The fraction of sp³-hybridized carbons (Fsp3) is 0.381. The van der Waals surface area contributed by atoms with Crippen LogP contribution in [0.1, 0.15) is 45.6 Å². The first-order chi connectivity index (χ1) is 12.0. The van der Waals surface area contributed by atoms with E-state index in [1.54, 1.807) is 0 Å². The lowest BCUT2D eigenvalue weighted by Gasteiger charge is -2.38. The predicted molar refractivity (Wildman–Crippen MR) is 99.4 cm³/mol. The third kappa shape index (κ3) is 3.75. The summed E-state index contributed by atoms with van der Waals surface area (Å²) in [5, 5.41) is 0. The maximum absolute atomic E-state index is 13.0. The average Bonchev–Trinajstić information content (AvgIpc) is 2.64. The van der Waals surface area contributed by atoms with Gasteiger partial charge in [-0.3, -0.25) is 4.79 Å². The van der Waals surface area contributed by atoms with Gasteiger partial charge in [-0.2, -0.15) is 0 Å². The Morgan fingerprint density at radius 1 is 1.20 bits per heavy atom. The van der Waals surface area contributed by atoms with Crippen LogP contribution in [0.25, 0.3) is 0 Å². The topological polar surface area (TPSA) is 55.6 Å². The maximum Gasteiger partial charge on any atom is 0.254 e. The van der Waals surface area contributed by atoms with Gasteiger partial charge in [0.15, 0.2) is 0 Å². The minimum atomic E-state index is -0.0802. The third-order valence-electron chi connectivity index (χ3n) is 4.91. The van der Waals surface area contributed by atoms with E-state index in [0.29, 0.717) is 25.3 Å². The molecule has 0 saturated carbocycles. The van der Waals surface area contributed by atoms with Gasteiger partial charge in [0.05, 0.1) is 19.2 Å². The van der Waals surface area contributed by atoms with Crippen LogP contribution in [0.4, 0.5) is 0 Å². The molecule has 2 aromatic rings. The fourth-order valence-corrected chi connectivity index (χ4v) is 3.28. The number of carbonyl (C=O) groups is 1. The lowest BCUT2D eigenvalue weighted by Crippen LogP contribution is -2.48. The Kier molecular flexibility index (Phi) is 5.21. The lowest BCUT2D eigenvalue weighted by molar-refractivity contribution is -0.0489. The molecular weight excluding hydrogens is 312 g/mol. The summed E-state index contributed by atoms with van der Waals surface area (Å²) in [7, 11) is 0. The van der Waals surface area contributed by atoms with E-state index in [4.69, 9.17) is 10.5 Å². The summed E-state index contributed by atoms with van der Waals surface area (Å²) in [5.74, 6) is 0.0506. The molecule has 3 rings (SSSR count). The Balaban J connectivity index is 1.82. The summed E-state index contributed by atoms with van der Waals surface area (Å²) >= 11 is 0. The van der Waals surface area contributed by atoms with E-state index in [1.807, 2.05) is 36.1 Å². The van der Waals surface area contributed by atoms with Gasteiger partial charge >= 0.3 is 0 Å². The van der Waals surface area contributed by atoms with Gasteiger partial charge in [0.25, 0.3) is 5.91 Å². The zero-order chi connectivity index (χ0) is 18.0. The van der Waals surface area contributed by atoms with Crippen molar-refractivity contribution in [1.29, 1.82) is 0 Å². The first-order valence-electron chi connectivity index (χ1n) is 8.78. The Labute approximate surface area is 149 Å². The smallest absolute Gasteiger partial charge is 0.254 e. The number of nitrogens with two attached hydrogens (primary N) is 1. The molecule has 1 heterocycles. The minimum Gasteiger partial charge on any atom is -0.370 e. The van der Waals surface area contributed by atoms with Crippen LogP contribution in [-0.2, 0) is 11.3 Å². The molecule has 0 spiro atoms. The van der Waals surface area contributed by atoms with Gasteiger partial charge in [0.2, 0.25) is 0 Å². The summed E-state index contributed by atoms with van der Waals surface area (Å²) in [4.78, 5) is 14.9. The van der Waals surface area contributed by atoms with Crippen LogP contribution >= 0.6 is 0 Å². The predicted octanol–water partition coefficient (Wildman–Crippen LogP) is 3.36. The number of amides is 1. The lowest BCUT2D eigenvalue weighted by atomic mass is 9.98. The van der Waals surface area contributed by atoms with Crippen molar-refractivity contribution in [2.24, 2.45) is 5.73 Å². The first kappa shape index (κ1) is 17.6. The first-order valence-corrected chi connectivity index (χ1v) is 8.78. The van der Waals surface area contributed by atoms with Crippen LogP contribution in [0.15, 0.2) is 42.5 Å². The van der Waals surface area contributed by atoms with Crippen LogP contribution in [0.5, 0.6) is 0 Å². The van der Waals surface area contributed by atoms with Crippen molar-refractivity contribution in [3.63, 3.8) is 0 Å². The summed E-state index contributed by atoms with van der Waals surface area (Å²) in [6, 6.07) is 14.0. The van der Waals surface area contributed by atoms with Crippen LogP contribution in [-0.4, -0.2) is 30.0 Å². The van der Waals surface area contributed by atoms with E-state index in [9.17, 15) is 4.79 Å². The van der Waals surface area contributed by atoms with Crippen molar-refractivity contribution < 1.29 is 9.53 Å². The van der Waals surface area contributed by atoms with Crippen molar-refractivity contribution in [2.45, 2.75) is 39.5 Å². The monoisotopic (exact) mass is 338 g/mol.